The Morgan fingerprint density at radius 3 is 1.24 bits per heavy atom. The molecule has 0 atom stereocenters. The minimum Gasteiger partial charge on any atom is -0.288 e. The molecule has 0 radical (unpaired) electrons. The van der Waals surface area contributed by atoms with Gasteiger partial charge in [-0.25, -0.2) is 17.6 Å². The fourth-order valence-corrected chi connectivity index (χ4v) is 1.66. The molecule has 0 saturated heterocycles. The van der Waals surface area contributed by atoms with Crippen LogP contribution in [0.25, 0.3) is 0 Å². The summed E-state index contributed by atoms with van der Waals surface area (Å²) >= 11 is 0. The molecule has 0 fully saturated rings. The monoisotopic (exact) mass is 297 g/mol. The van der Waals surface area contributed by atoms with Crippen molar-refractivity contribution >= 4 is 11.8 Å². The highest BCUT2D eigenvalue weighted by molar-refractivity contribution is 6.10. The molecule has 2 aromatic carbocycles. The molecular weight excluding hydrogens is 290 g/mol. The molecule has 0 aliphatic carbocycles. The largest absolute Gasteiger partial charge is 0.288 e. The standard InChI is InChI=1S/C14H7F4NO2/c15-7-3-1-4-8(16)11(7)13(20)19-14(21)12-9(17)5-2-6-10(12)18/h1-6H,(H,19,20,21). The van der Waals surface area contributed by atoms with Gasteiger partial charge in [-0.3, -0.25) is 14.9 Å². The molecule has 0 saturated carbocycles. The number of carbonyl (C=O) groups excluding carboxylic acids is 2. The smallest absolute Gasteiger partial charge is 0.264 e. The van der Waals surface area contributed by atoms with E-state index in [2.05, 4.69) is 0 Å². The van der Waals surface area contributed by atoms with E-state index in [9.17, 15) is 27.2 Å². The predicted molar refractivity (Wildman–Crippen MR) is 64.5 cm³/mol. The summed E-state index contributed by atoms with van der Waals surface area (Å²) in [6, 6.07) is 5.30. The third-order valence-corrected chi connectivity index (χ3v) is 2.61. The molecule has 0 aliphatic heterocycles. The maximum atomic E-state index is 13.4. The van der Waals surface area contributed by atoms with Gasteiger partial charge in [-0.15, -0.1) is 0 Å². The summed E-state index contributed by atoms with van der Waals surface area (Å²) < 4.78 is 53.4. The van der Waals surface area contributed by atoms with Gasteiger partial charge in [-0.1, -0.05) is 12.1 Å². The summed E-state index contributed by atoms with van der Waals surface area (Å²) in [5.74, 6) is -7.66. The normalized spacial score (nSPS) is 10.3. The fraction of sp³-hybridized carbons (Fsp3) is 0. The Bertz CT molecular complexity index is 629. The van der Waals surface area contributed by atoms with Gasteiger partial charge in [-0.2, -0.15) is 0 Å². The van der Waals surface area contributed by atoms with Crippen molar-refractivity contribution in [2.24, 2.45) is 0 Å². The van der Waals surface area contributed by atoms with Crippen LogP contribution in [0.3, 0.4) is 0 Å². The fourth-order valence-electron chi connectivity index (χ4n) is 1.66. The van der Waals surface area contributed by atoms with E-state index in [0.29, 0.717) is 0 Å². The first-order valence-electron chi connectivity index (χ1n) is 5.65. The van der Waals surface area contributed by atoms with Crippen LogP contribution < -0.4 is 5.32 Å². The van der Waals surface area contributed by atoms with Crippen LogP contribution in [0.2, 0.25) is 0 Å². The lowest BCUT2D eigenvalue weighted by atomic mass is 10.1. The van der Waals surface area contributed by atoms with Crippen LogP contribution in [0, 0.1) is 23.3 Å². The van der Waals surface area contributed by atoms with E-state index in [1.54, 1.807) is 0 Å². The molecule has 21 heavy (non-hydrogen) atoms. The van der Waals surface area contributed by atoms with Crippen LogP contribution in [-0.4, -0.2) is 11.8 Å². The summed E-state index contributed by atoms with van der Waals surface area (Å²) in [5, 5.41) is 1.54. The molecule has 0 aliphatic rings. The SMILES string of the molecule is O=C(NC(=O)c1c(F)cccc1F)c1c(F)cccc1F. The molecule has 2 amide bonds. The van der Waals surface area contributed by atoms with Crippen LogP contribution in [0.5, 0.6) is 0 Å². The van der Waals surface area contributed by atoms with E-state index in [1.807, 2.05) is 0 Å². The lowest BCUT2D eigenvalue weighted by Crippen LogP contribution is -2.33. The first-order valence-corrected chi connectivity index (χ1v) is 5.65. The first-order chi connectivity index (χ1) is 9.91. The van der Waals surface area contributed by atoms with Crippen LogP contribution in [0.4, 0.5) is 17.6 Å². The maximum absolute atomic E-state index is 13.4. The van der Waals surface area contributed by atoms with Crippen molar-refractivity contribution in [3.8, 4) is 0 Å². The molecule has 108 valence electrons. The van der Waals surface area contributed by atoms with Crippen molar-refractivity contribution in [2.45, 2.75) is 0 Å². The van der Waals surface area contributed by atoms with Gasteiger partial charge in [0.1, 0.15) is 34.4 Å². The lowest BCUT2D eigenvalue weighted by Gasteiger charge is -2.07. The van der Waals surface area contributed by atoms with Crippen LogP contribution >= 0.6 is 0 Å². The zero-order valence-corrected chi connectivity index (χ0v) is 10.3. The second-order valence-electron chi connectivity index (χ2n) is 3.98. The van der Waals surface area contributed by atoms with E-state index in [1.165, 1.54) is 5.32 Å². The number of imide groups is 1. The van der Waals surface area contributed by atoms with E-state index >= 15 is 0 Å². The van der Waals surface area contributed by atoms with Crippen LogP contribution in [-0.2, 0) is 0 Å². The third-order valence-electron chi connectivity index (χ3n) is 2.61. The Morgan fingerprint density at radius 1 is 0.667 bits per heavy atom. The van der Waals surface area contributed by atoms with Crippen LogP contribution in [0.1, 0.15) is 20.7 Å². The van der Waals surface area contributed by atoms with Gasteiger partial charge in [0.05, 0.1) is 0 Å². The highest BCUT2D eigenvalue weighted by atomic mass is 19.1. The Morgan fingerprint density at radius 2 is 0.952 bits per heavy atom. The number of amides is 2. The Hall–Kier alpha value is -2.70. The van der Waals surface area contributed by atoms with E-state index in [0.717, 1.165) is 36.4 Å². The minimum atomic E-state index is -1.43. The lowest BCUT2D eigenvalue weighted by molar-refractivity contribution is 0.0840. The van der Waals surface area contributed by atoms with E-state index in [4.69, 9.17) is 0 Å². The van der Waals surface area contributed by atoms with Crippen molar-refractivity contribution in [2.75, 3.05) is 0 Å². The molecule has 2 aromatic rings. The molecule has 0 aromatic heterocycles. The first kappa shape index (κ1) is 14.7. The van der Waals surface area contributed by atoms with Gasteiger partial charge < -0.3 is 0 Å². The Kier molecular flexibility index (Phi) is 4.02. The third kappa shape index (κ3) is 2.91. The van der Waals surface area contributed by atoms with Gasteiger partial charge in [0, 0.05) is 0 Å². The Labute approximate surface area is 116 Å². The van der Waals surface area contributed by atoms with Crippen molar-refractivity contribution in [1.82, 2.24) is 5.32 Å². The second kappa shape index (κ2) is 5.74. The van der Waals surface area contributed by atoms with Crippen LogP contribution in [0.15, 0.2) is 36.4 Å². The summed E-state index contributed by atoms with van der Waals surface area (Å²) in [5.41, 5.74) is -2.02. The number of halogens is 4. The topological polar surface area (TPSA) is 46.2 Å². The number of nitrogens with one attached hydrogen (secondary N) is 1. The number of rotatable bonds is 2. The van der Waals surface area contributed by atoms with Crippen molar-refractivity contribution in [3.05, 3.63) is 70.8 Å². The molecule has 0 heterocycles. The molecule has 0 spiro atoms. The average Bonchev–Trinajstić information content (AvgIpc) is 2.38. The summed E-state index contributed by atoms with van der Waals surface area (Å²) in [7, 11) is 0. The van der Waals surface area contributed by atoms with Crippen molar-refractivity contribution < 1.29 is 27.2 Å². The number of benzene rings is 2. The van der Waals surface area contributed by atoms with Crippen molar-refractivity contribution in [1.29, 1.82) is 0 Å². The zero-order chi connectivity index (χ0) is 15.6. The Balaban J connectivity index is 2.30. The molecule has 7 heteroatoms. The summed E-state index contributed by atoms with van der Waals surface area (Å²) in [4.78, 5) is 23.3. The zero-order valence-electron chi connectivity index (χ0n) is 10.3. The summed E-state index contributed by atoms with van der Waals surface area (Å²) in [6.07, 6.45) is 0. The maximum Gasteiger partial charge on any atom is 0.264 e. The molecule has 1 N–H and O–H groups in total. The number of hydrogen-bond acceptors (Lipinski definition) is 2. The van der Waals surface area contributed by atoms with Gasteiger partial charge >= 0.3 is 0 Å². The minimum absolute atomic E-state index is 0.812. The quantitative estimate of drug-likeness (QED) is 0.684. The molecular formula is C14H7F4NO2. The average molecular weight is 297 g/mol. The highest BCUT2D eigenvalue weighted by Gasteiger charge is 2.23. The molecule has 2 rings (SSSR count). The molecule has 3 nitrogen and oxygen atoms in total. The van der Waals surface area contributed by atoms with Gasteiger partial charge in [0.15, 0.2) is 0 Å². The molecule has 0 unspecified atom stereocenters. The van der Waals surface area contributed by atoms with Gasteiger partial charge in [0.25, 0.3) is 11.8 Å². The van der Waals surface area contributed by atoms with E-state index in [-0.39, 0.29) is 0 Å². The van der Waals surface area contributed by atoms with Crippen molar-refractivity contribution in [3.63, 3.8) is 0 Å². The highest BCUT2D eigenvalue weighted by Crippen LogP contribution is 2.14. The number of hydrogen-bond donors (Lipinski definition) is 1. The number of carbonyl (C=O) groups is 2. The predicted octanol–water partition coefficient (Wildman–Crippen LogP) is 2.81. The van der Waals surface area contributed by atoms with Gasteiger partial charge in [0.2, 0.25) is 0 Å². The van der Waals surface area contributed by atoms with Gasteiger partial charge in [-0.05, 0) is 24.3 Å². The molecule has 0 bridgehead atoms. The van der Waals surface area contributed by atoms with E-state index < -0.39 is 46.2 Å². The summed E-state index contributed by atoms with van der Waals surface area (Å²) in [6.45, 7) is 0. The second-order valence-corrected chi connectivity index (χ2v) is 3.98.